The van der Waals surface area contributed by atoms with Gasteiger partial charge < -0.3 is 10.0 Å². The van der Waals surface area contributed by atoms with Crippen molar-refractivity contribution in [2.45, 2.75) is 32.2 Å². The fraction of sp³-hybridized carbons (Fsp3) is 0.611. The number of hydrogen-bond donors (Lipinski definition) is 1. The van der Waals surface area contributed by atoms with E-state index in [0.717, 1.165) is 31.4 Å². The summed E-state index contributed by atoms with van der Waals surface area (Å²) in [7, 11) is 0. The molecule has 1 aromatic rings. The molecule has 0 saturated carbocycles. The Kier molecular flexibility index (Phi) is 5.34. The summed E-state index contributed by atoms with van der Waals surface area (Å²) < 4.78 is 41.3. The van der Waals surface area contributed by atoms with E-state index in [2.05, 4.69) is 0 Å². The maximum atomic E-state index is 13.9. The predicted octanol–water partition coefficient (Wildman–Crippen LogP) is 2.30. The summed E-state index contributed by atoms with van der Waals surface area (Å²) in [6, 6.07) is 1.75. The monoisotopic (exact) mass is 356 g/mol. The van der Waals surface area contributed by atoms with Crippen LogP contribution < -0.4 is 0 Å². The molecule has 0 bridgehead atoms. The van der Waals surface area contributed by atoms with Crippen LogP contribution in [0.1, 0.15) is 31.2 Å². The van der Waals surface area contributed by atoms with E-state index in [9.17, 15) is 18.0 Å². The SMILES string of the molecule is O=C1CC[C@@]2(CCCN(Cc3c(F)ccc(F)c3F)C2)CN1CCO. The molecular weight excluding hydrogens is 333 g/mol. The number of carbonyl (C=O) groups is 1. The van der Waals surface area contributed by atoms with Gasteiger partial charge in [-0.05, 0) is 37.9 Å². The van der Waals surface area contributed by atoms with Crippen molar-refractivity contribution in [3.63, 3.8) is 0 Å². The van der Waals surface area contributed by atoms with Crippen LogP contribution in [0, 0.1) is 22.9 Å². The van der Waals surface area contributed by atoms with Crippen molar-refractivity contribution in [3.05, 3.63) is 35.1 Å². The molecule has 4 nitrogen and oxygen atoms in total. The summed E-state index contributed by atoms with van der Waals surface area (Å²) in [6.45, 7) is 2.10. The zero-order chi connectivity index (χ0) is 18.0. The molecule has 138 valence electrons. The van der Waals surface area contributed by atoms with Gasteiger partial charge in [-0.1, -0.05) is 0 Å². The van der Waals surface area contributed by atoms with Crippen LogP contribution in [0.3, 0.4) is 0 Å². The van der Waals surface area contributed by atoms with Gasteiger partial charge in [-0.2, -0.15) is 0 Å². The summed E-state index contributed by atoms with van der Waals surface area (Å²) in [6.07, 6.45) is 2.96. The van der Waals surface area contributed by atoms with Crippen molar-refractivity contribution in [1.29, 1.82) is 0 Å². The van der Waals surface area contributed by atoms with Crippen LogP contribution in [-0.4, -0.2) is 53.6 Å². The third-order valence-electron chi connectivity index (χ3n) is 5.38. The molecule has 1 spiro atoms. The standard InChI is InChI=1S/C18H23F3N2O2/c19-14-2-3-15(20)17(21)13(14)10-22-7-1-5-18(11-22)6-4-16(25)23(12-18)8-9-24/h2-3,24H,1,4-12H2/t18-/m1/s1. The minimum Gasteiger partial charge on any atom is -0.395 e. The molecule has 2 aliphatic heterocycles. The first-order valence-electron chi connectivity index (χ1n) is 8.67. The Morgan fingerprint density at radius 2 is 1.88 bits per heavy atom. The van der Waals surface area contributed by atoms with E-state index in [1.807, 2.05) is 4.90 Å². The number of rotatable bonds is 4. The molecule has 1 amide bonds. The quantitative estimate of drug-likeness (QED) is 0.842. The Bertz CT molecular complexity index is 655. The number of aliphatic hydroxyl groups excluding tert-OH is 1. The molecule has 7 heteroatoms. The van der Waals surface area contributed by atoms with Crippen molar-refractivity contribution in [2.75, 3.05) is 32.8 Å². The highest BCUT2D eigenvalue weighted by molar-refractivity contribution is 5.77. The average molecular weight is 356 g/mol. The van der Waals surface area contributed by atoms with Gasteiger partial charge in [0.25, 0.3) is 0 Å². The second-order valence-electron chi connectivity index (χ2n) is 7.17. The first kappa shape index (κ1) is 18.2. The number of aliphatic hydroxyl groups is 1. The van der Waals surface area contributed by atoms with E-state index in [1.54, 1.807) is 4.90 Å². The lowest BCUT2D eigenvalue weighted by molar-refractivity contribution is -0.140. The van der Waals surface area contributed by atoms with E-state index >= 15 is 0 Å². The molecule has 2 saturated heterocycles. The number of likely N-dealkylation sites (tertiary alicyclic amines) is 2. The minimum absolute atomic E-state index is 0.0190. The summed E-state index contributed by atoms with van der Waals surface area (Å²) in [5.41, 5.74) is -0.363. The number of benzene rings is 1. The Hall–Kier alpha value is -1.60. The van der Waals surface area contributed by atoms with E-state index in [0.29, 0.717) is 32.6 Å². The van der Waals surface area contributed by atoms with Crippen LogP contribution >= 0.6 is 0 Å². The fourth-order valence-corrected chi connectivity index (χ4v) is 4.14. The largest absolute Gasteiger partial charge is 0.395 e. The molecule has 1 atom stereocenters. The first-order valence-corrected chi connectivity index (χ1v) is 8.67. The number of hydrogen-bond acceptors (Lipinski definition) is 3. The first-order chi connectivity index (χ1) is 11.9. The van der Waals surface area contributed by atoms with Gasteiger partial charge in [0.05, 0.1) is 6.61 Å². The van der Waals surface area contributed by atoms with Crippen molar-refractivity contribution in [2.24, 2.45) is 5.41 Å². The summed E-state index contributed by atoms with van der Waals surface area (Å²) in [5.74, 6) is -2.86. The highest BCUT2D eigenvalue weighted by Crippen LogP contribution is 2.39. The van der Waals surface area contributed by atoms with Crippen LogP contribution in [0.2, 0.25) is 0 Å². The van der Waals surface area contributed by atoms with Crippen molar-refractivity contribution >= 4 is 5.91 Å². The number of halogens is 3. The molecule has 3 rings (SSSR count). The maximum absolute atomic E-state index is 13.9. The normalized spacial score (nSPS) is 25.0. The second kappa shape index (κ2) is 7.33. The predicted molar refractivity (Wildman–Crippen MR) is 86.2 cm³/mol. The average Bonchev–Trinajstić information content (AvgIpc) is 2.59. The molecule has 25 heavy (non-hydrogen) atoms. The maximum Gasteiger partial charge on any atom is 0.222 e. The fourth-order valence-electron chi connectivity index (χ4n) is 4.14. The topological polar surface area (TPSA) is 43.8 Å². The number of nitrogens with zero attached hydrogens (tertiary/aromatic N) is 2. The highest BCUT2D eigenvalue weighted by Gasteiger charge is 2.41. The van der Waals surface area contributed by atoms with Crippen molar-refractivity contribution in [3.8, 4) is 0 Å². The van der Waals surface area contributed by atoms with Gasteiger partial charge in [-0.3, -0.25) is 9.69 Å². The molecule has 1 aromatic carbocycles. The molecule has 2 heterocycles. The molecule has 2 fully saturated rings. The molecule has 0 aliphatic carbocycles. The Balaban J connectivity index is 1.73. The highest BCUT2D eigenvalue weighted by atomic mass is 19.2. The number of carbonyl (C=O) groups excluding carboxylic acids is 1. The van der Waals surface area contributed by atoms with E-state index in [-0.39, 0.29) is 30.0 Å². The lowest BCUT2D eigenvalue weighted by Crippen LogP contribution is -2.54. The van der Waals surface area contributed by atoms with Gasteiger partial charge in [0.2, 0.25) is 5.91 Å². The van der Waals surface area contributed by atoms with Crippen molar-refractivity contribution < 1.29 is 23.1 Å². The smallest absolute Gasteiger partial charge is 0.222 e. The molecule has 0 aromatic heterocycles. The number of amides is 1. The second-order valence-corrected chi connectivity index (χ2v) is 7.17. The van der Waals surface area contributed by atoms with Crippen LogP contribution in [0.5, 0.6) is 0 Å². The van der Waals surface area contributed by atoms with Crippen LogP contribution in [0.25, 0.3) is 0 Å². The lowest BCUT2D eigenvalue weighted by atomic mass is 9.73. The third-order valence-corrected chi connectivity index (χ3v) is 5.38. The summed E-state index contributed by atoms with van der Waals surface area (Å²) in [5, 5.41) is 9.13. The van der Waals surface area contributed by atoms with E-state index in [1.165, 1.54) is 0 Å². The van der Waals surface area contributed by atoms with Crippen LogP contribution in [0.4, 0.5) is 13.2 Å². The molecule has 1 N–H and O–H groups in total. The van der Waals surface area contributed by atoms with Gasteiger partial charge >= 0.3 is 0 Å². The van der Waals surface area contributed by atoms with Gasteiger partial charge in [0.1, 0.15) is 5.82 Å². The van der Waals surface area contributed by atoms with Gasteiger partial charge in [-0.15, -0.1) is 0 Å². The zero-order valence-electron chi connectivity index (χ0n) is 14.1. The van der Waals surface area contributed by atoms with Crippen molar-refractivity contribution in [1.82, 2.24) is 9.80 Å². The minimum atomic E-state index is -1.12. The summed E-state index contributed by atoms with van der Waals surface area (Å²) in [4.78, 5) is 15.6. The van der Waals surface area contributed by atoms with Gasteiger partial charge in [0, 0.05) is 43.6 Å². The zero-order valence-corrected chi connectivity index (χ0v) is 14.1. The Morgan fingerprint density at radius 3 is 2.64 bits per heavy atom. The van der Waals surface area contributed by atoms with E-state index < -0.39 is 17.5 Å². The lowest BCUT2D eigenvalue weighted by Gasteiger charge is -2.48. The van der Waals surface area contributed by atoms with Crippen LogP contribution in [-0.2, 0) is 11.3 Å². The number of β-amino-alcohol motifs (C(OH)–C–C–N with tert-alkyl or cyclic N) is 1. The Morgan fingerprint density at radius 1 is 1.12 bits per heavy atom. The molecule has 0 radical (unpaired) electrons. The Labute approximate surface area is 145 Å². The number of piperidine rings is 2. The molecule has 0 unspecified atom stereocenters. The van der Waals surface area contributed by atoms with Crippen LogP contribution in [0.15, 0.2) is 12.1 Å². The van der Waals surface area contributed by atoms with Gasteiger partial charge in [0.15, 0.2) is 11.6 Å². The molecule has 2 aliphatic rings. The summed E-state index contributed by atoms with van der Waals surface area (Å²) >= 11 is 0. The third kappa shape index (κ3) is 3.82. The molecular formula is C18H23F3N2O2. The van der Waals surface area contributed by atoms with Gasteiger partial charge in [-0.25, -0.2) is 13.2 Å². The van der Waals surface area contributed by atoms with E-state index in [4.69, 9.17) is 5.11 Å².